The van der Waals surface area contributed by atoms with Crippen LogP contribution >= 0.6 is 0 Å². The van der Waals surface area contributed by atoms with Crippen molar-refractivity contribution in [1.82, 2.24) is 0 Å². The minimum absolute atomic E-state index is 0.115. The highest BCUT2D eigenvalue weighted by atomic mass is 16.7. The Balaban J connectivity index is 2.12. The van der Waals surface area contributed by atoms with Gasteiger partial charge in [-0.05, 0) is 57.8 Å². The number of aliphatic hydroxyl groups excluding tert-OH is 4. The van der Waals surface area contributed by atoms with E-state index in [1.165, 1.54) is 193 Å². The first-order valence-electron chi connectivity index (χ1n) is 31.4. The van der Waals surface area contributed by atoms with Gasteiger partial charge in [0.2, 0.25) is 0 Å². The molecule has 1 aliphatic heterocycles. The van der Waals surface area contributed by atoms with Gasteiger partial charge in [-0.2, -0.15) is 0 Å². The molecular weight excluding hydrogens is 925 g/mol. The van der Waals surface area contributed by atoms with Gasteiger partial charge < -0.3 is 39.4 Å². The molecular formula is C65H118O9. The Bertz CT molecular complexity index is 1330. The first kappa shape index (κ1) is 69.9. The third kappa shape index (κ3) is 45.0. The number of rotatable bonds is 55. The van der Waals surface area contributed by atoms with Crippen molar-refractivity contribution in [1.29, 1.82) is 0 Å². The molecule has 1 heterocycles. The Morgan fingerprint density at radius 1 is 0.446 bits per heavy atom. The van der Waals surface area contributed by atoms with Gasteiger partial charge in [-0.25, -0.2) is 0 Å². The number of hydrogen-bond donors (Lipinski definition) is 4. The average Bonchev–Trinajstić information content (AvgIpc) is 3.40. The maximum absolute atomic E-state index is 12.9. The minimum atomic E-state index is -1.54. The minimum Gasteiger partial charge on any atom is -0.457 e. The van der Waals surface area contributed by atoms with Gasteiger partial charge in [0.05, 0.1) is 19.8 Å². The number of unbranched alkanes of at least 4 members (excludes halogenated alkanes) is 34. The summed E-state index contributed by atoms with van der Waals surface area (Å²) in [5.41, 5.74) is 0. The molecule has 0 saturated carbocycles. The van der Waals surface area contributed by atoms with E-state index in [1.54, 1.807) is 0 Å². The molecule has 0 aromatic rings. The number of ether oxygens (including phenoxy) is 4. The zero-order valence-electron chi connectivity index (χ0n) is 48.1. The van der Waals surface area contributed by atoms with E-state index in [9.17, 15) is 25.2 Å². The molecule has 6 atom stereocenters. The molecule has 6 unspecified atom stereocenters. The van der Waals surface area contributed by atoms with E-state index in [4.69, 9.17) is 18.9 Å². The highest BCUT2D eigenvalue weighted by molar-refractivity contribution is 5.69. The Morgan fingerprint density at radius 2 is 0.824 bits per heavy atom. The number of allylic oxidation sites excluding steroid dienone is 10. The van der Waals surface area contributed by atoms with Crippen molar-refractivity contribution >= 4 is 5.97 Å². The molecule has 1 rings (SSSR count). The molecule has 0 amide bonds. The molecule has 9 nitrogen and oxygen atoms in total. The molecule has 74 heavy (non-hydrogen) atoms. The molecule has 0 spiro atoms. The second kappa shape index (κ2) is 55.6. The Kier molecular flexibility index (Phi) is 52.6. The second-order valence-corrected chi connectivity index (χ2v) is 21.5. The van der Waals surface area contributed by atoms with E-state index in [0.717, 1.165) is 70.6 Å². The summed E-state index contributed by atoms with van der Waals surface area (Å²) in [4.78, 5) is 12.9. The maximum atomic E-state index is 12.9. The van der Waals surface area contributed by atoms with Crippen LogP contribution in [0.2, 0.25) is 0 Å². The fraction of sp³-hybridized carbons (Fsp3) is 0.831. The maximum Gasteiger partial charge on any atom is 0.306 e. The fourth-order valence-electron chi connectivity index (χ4n) is 9.64. The second-order valence-electron chi connectivity index (χ2n) is 21.5. The normalized spacial score (nSPS) is 18.9. The number of hydrogen-bond acceptors (Lipinski definition) is 9. The molecule has 0 aliphatic carbocycles. The van der Waals surface area contributed by atoms with E-state index < -0.39 is 43.4 Å². The van der Waals surface area contributed by atoms with Crippen molar-refractivity contribution in [3.63, 3.8) is 0 Å². The van der Waals surface area contributed by atoms with Crippen LogP contribution in [-0.4, -0.2) is 89.6 Å². The number of esters is 1. The van der Waals surface area contributed by atoms with Gasteiger partial charge in [0.15, 0.2) is 6.29 Å². The van der Waals surface area contributed by atoms with Crippen LogP contribution in [0.25, 0.3) is 0 Å². The van der Waals surface area contributed by atoms with E-state index in [0.29, 0.717) is 13.0 Å². The van der Waals surface area contributed by atoms with E-state index >= 15 is 0 Å². The van der Waals surface area contributed by atoms with Gasteiger partial charge in [0.25, 0.3) is 0 Å². The summed E-state index contributed by atoms with van der Waals surface area (Å²) in [7, 11) is 0. The number of carbonyl (C=O) groups is 1. The zero-order valence-corrected chi connectivity index (χ0v) is 48.1. The Labute approximate surface area is 455 Å². The largest absolute Gasteiger partial charge is 0.457 e. The summed E-state index contributed by atoms with van der Waals surface area (Å²) in [6, 6.07) is 0. The van der Waals surface area contributed by atoms with Gasteiger partial charge in [0.1, 0.15) is 30.5 Å². The predicted molar refractivity (Wildman–Crippen MR) is 311 cm³/mol. The van der Waals surface area contributed by atoms with Crippen LogP contribution in [-0.2, 0) is 23.7 Å². The lowest BCUT2D eigenvalue weighted by Crippen LogP contribution is -2.59. The molecule has 0 aromatic carbocycles. The number of carbonyl (C=O) groups excluding carboxylic acids is 1. The highest BCUT2D eigenvalue weighted by Crippen LogP contribution is 2.23. The Morgan fingerprint density at radius 3 is 1.24 bits per heavy atom. The van der Waals surface area contributed by atoms with Crippen molar-refractivity contribution in [3.05, 3.63) is 60.8 Å². The highest BCUT2D eigenvalue weighted by Gasteiger charge is 2.44. The van der Waals surface area contributed by atoms with Crippen LogP contribution in [0.15, 0.2) is 60.8 Å². The smallest absolute Gasteiger partial charge is 0.306 e. The van der Waals surface area contributed by atoms with Crippen LogP contribution < -0.4 is 0 Å². The molecule has 0 radical (unpaired) electrons. The van der Waals surface area contributed by atoms with Crippen LogP contribution in [0, 0.1) is 0 Å². The molecule has 4 N–H and O–H groups in total. The summed E-state index contributed by atoms with van der Waals surface area (Å²) < 4.78 is 23.0. The summed E-state index contributed by atoms with van der Waals surface area (Å²) >= 11 is 0. The third-order valence-corrected chi connectivity index (χ3v) is 14.4. The van der Waals surface area contributed by atoms with Crippen molar-refractivity contribution in [2.45, 2.75) is 320 Å². The quantitative estimate of drug-likeness (QED) is 0.0267. The number of aliphatic hydroxyl groups is 4. The Hall–Kier alpha value is -2.11. The molecule has 1 aliphatic rings. The lowest BCUT2D eigenvalue weighted by molar-refractivity contribution is -0.305. The molecule has 9 heteroatoms. The van der Waals surface area contributed by atoms with E-state index in [2.05, 4.69) is 74.6 Å². The fourth-order valence-corrected chi connectivity index (χ4v) is 9.64. The van der Waals surface area contributed by atoms with Gasteiger partial charge in [-0.3, -0.25) is 4.79 Å². The standard InChI is InChI=1S/C65H118O9/c1-3-5-7-9-11-13-15-17-19-21-23-25-27-29-31-33-35-37-39-41-43-45-47-49-51-53-55-71-57-59(58-72-65-64(70)63(69)62(68)60(56-66)74-65)73-61(67)54-52-50-48-46-44-42-40-38-36-34-32-30-28-26-24-22-20-18-16-14-12-10-8-6-4-2/h6,8,12,14,18,20,24,26,30,32,59-60,62-66,68-70H,3-5,7,9-11,13,15-17,19,21-23,25,27-29,31,33-58H2,1-2H3/b8-6-,14-12-,20-18-,26-24-,32-30-. The summed E-state index contributed by atoms with van der Waals surface area (Å²) in [5.74, 6) is -0.316. The molecule has 1 saturated heterocycles. The lowest BCUT2D eigenvalue weighted by atomic mass is 9.99. The van der Waals surface area contributed by atoms with Crippen LogP contribution in [0.4, 0.5) is 0 Å². The summed E-state index contributed by atoms with van der Waals surface area (Å²) in [5, 5.41) is 40.4. The van der Waals surface area contributed by atoms with Crippen molar-refractivity contribution in [2.24, 2.45) is 0 Å². The first-order chi connectivity index (χ1) is 36.4. The molecule has 0 bridgehead atoms. The van der Waals surface area contributed by atoms with Gasteiger partial charge in [-0.15, -0.1) is 0 Å². The first-order valence-corrected chi connectivity index (χ1v) is 31.4. The average molecular weight is 1040 g/mol. The van der Waals surface area contributed by atoms with Crippen LogP contribution in [0.3, 0.4) is 0 Å². The molecule has 1 fully saturated rings. The lowest BCUT2D eigenvalue weighted by Gasteiger charge is -2.39. The monoisotopic (exact) mass is 1040 g/mol. The molecule has 0 aromatic heterocycles. The molecule has 432 valence electrons. The van der Waals surface area contributed by atoms with Crippen LogP contribution in [0.5, 0.6) is 0 Å². The van der Waals surface area contributed by atoms with Crippen LogP contribution in [0.1, 0.15) is 284 Å². The summed E-state index contributed by atoms with van der Waals surface area (Å²) in [6.45, 7) is 4.49. The van der Waals surface area contributed by atoms with Crippen molar-refractivity contribution in [3.8, 4) is 0 Å². The third-order valence-electron chi connectivity index (χ3n) is 14.4. The van der Waals surface area contributed by atoms with E-state index in [-0.39, 0.29) is 19.2 Å². The zero-order chi connectivity index (χ0) is 53.5. The van der Waals surface area contributed by atoms with Gasteiger partial charge >= 0.3 is 5.97 Å². The van der Waals surface area contributed by atoms with E-state index in [1.807, 2.05) is 0 Å². The topological polar surface area (TPSA) is 135 Å². The summed E-state index contributed by atoms with van der Waals surface area (Å²) in [6.07, 6.45) is 67.1. The van der Waals surface area contributed by atoms with Crippen molar-refractivity contribution < 1.29 is 44.2 Å². The van der Waals surface area contributed by atoms with Gasteiger partial charge in [0, 0.05) is 13.0 Å². The SMILES string of the molecule is CC/C=C\C/C=C\C/C=C\C/C=C\C/C=C\CCCCCCCCCCCC(=O)OC(COCCCCCCCCCCCCCCCCCCCCCCCCCCCC)COC1OC(CO)C(O)C(O)C1O. The van der Waals surface area contributed by atoms with Gasteiger partial charge in [-0.1, -0.05) is 280 Å². The van der Waals surface area contributed by atoms with Crippen molar-refractivity contribution in [2.75, 3.05) is 26.4 Å². The predicted octanol–water partition coefficient (Wildman–Crippen LogP) is 16.9.